The number of rotatable bonds is 2. The maximum absolute atomic E-state index is 12.0. The van der Waals surface area contributed by atoms with Gasteiger partial charge in [-0.3, -0.25) is 4.79 Å². The molecular weight excluding hydrogens is 272 g/mol. The van der Waals surface area contributed by atoms with Gasteiger partial charge in [-0.15, -0.1) is 12.4 Å². The van der Waals surface area contributed by atoms with Crippen LogP contribution in [0.15, 0.2) is 42.5 Å². The number of carbonyl (C=O) groups excluding carboxylic acids is 1. The summed E-state index contributed by atoms with van der Waals surface area (Å²) in [5.74, 6) is -0.204. The summed E-state index contributed by atoms with van der Waals surface area (Å²) in [5, 5.41) is 5.65. The molecule has 3 rings (SSSR count). The Morgan fingerprint density at radius 2 is 1.70 bits per heavy atom. The largest absolute Gasteiger partial charge is 0.369 e. The van der Waals surface area contributed by atoms with E-state index in [0.717, 1.165) is 31.5 Å². The number of nitrogens with two attached hydrogens (primary N) is 1. The van der Waals surface area contributed by atoms with Crippen LogP contribution in [0.2, 0.25) is 0 Å². The molecule has 1 amide bonds. The van der Waals surface area contributed by atoms with Crippen molar-refractivity contribution in [2.75, 3.05) is 13.1 Å². The molecule has 3 N–H and O–H groups in total. The van der Waals surface area contributed by atoms with Gasteiger partial charge in [0.05, 0.1) is 5.41 Å². The second-order valence-electron chi connectivity index (χ2n) is 5.26. The van der Waals surface area contributed by atoms with E-state index in [-0.39, 0.29) is 18.3 Å². The Morgan fingerprint density at radius 1 is 1.05 bits per heavy atom. The minimum Gasteiger partial charge on any atom is -0.369 e. The first-order chi connectivity index (χ1) is 9.22. The first-order valence-electron chi connectivity index (χ1n) is 6.72. The molecule has 0 radical (unpaired) electrons. The number of carbonyl (C=O) groups is 1. The van der Waals surface area contributed by atoms with E-state index in [1.807, 2.05) is 12.1 Å². The maximum atomic E-state index is 12.0. The van der Waals surface area contributed by atoms with Gasteiger partial charge in [0.25, 0.3) is 0 Å². The molecule has 0 aromatic heterocycles. The average Bonchev–Trinajstić information content (AvgIpc) is 2.47. The first-order valence-corrected chi connectivity index (χ1v) is 6.72. The number of halogens is 1. The zero-order valence-corrected chi connectivity index (χ0v) is 12.1. The summed E-state index contributed by atoms with van der Waals surface area (Å²) in [7, 11) is 0. The number of hydrogen-bond donors (Lipinski definition) is 2. The van der Waals surface area contributed by atoms with Crippen molar-refractivity contribution in [2.45, 2.75) is 18.3 Å². The van der Waals surface area contributed by atoms with Crippen LogP contribution in [0.5, 0.6) is 0 Å². The van der Waals surface area contributed by atoms with Crippen LogP contribution in [-0.2, 0) is 10.2 Å². The van der Waals surface area contributed by atoms with Crippen LogP contribution in [0.3, 0.4) is 0 Å². The molecule has 1 heterocycles. The topological polar surface area (TPSA) is 55.1 Å². The predicted octanol–water partition coefficient (Wildman–Crippen LogP) is 2.37. The molecule has 0 saturated carbocycles. The molecule has 1 saturated heterocycles. The summed E-state index contributed by atoms with van der Waals surface area (Å²) in [6.45, 7) is 1.69. The van der Waals surface area contributed by atoms with Gasteiger partial charge < -0.3 is 11.1 Å². The van der Waals surface area contributed by atoms with Crippen molar-refractivity contribution in [3.05, 3.63) is 48.0 Å². The standard InChI is InChI=1S/C16H18N2O.ClH/c17-15(19)16(7-9-18-10-8-16)14-6-5-12-3-1-2-4-13(12)11-14;/h1-6,11,18H,7-10H2,(H2,17,19);1H. The molecule has 3 nitrogen and oxygen atoms in total. The number of nitrogens with one attached hydrogen (secondary N) is 1. The number of piperidine rings is 1. The highest BCUT2D eigenvalue weighted by molar-refractivity contribution is 5.90. The Balaban J connectivity index is 0.00000147. The fraction of sp³-hybridized carbons (Fsp3) is 0.312. The van der Waals surface area contributed by atoms with Gasteiger partial charge in [-0.05, 0) is 42.3 Å². The van der Waals surface area contributed by atoms with E-state index in [2.05, 4.69) is 35.6 Å². The number of amides is 1. The van der Waals surface area contributed by atoms with E-state index in [1.54, 1.807) is 0 Å². The second-order valence-corrected chi connectivity index (χ2v) is 5.26. The Morgan fingerprint density at radius 3 is 2.35 bits per heavy atom. The van der Waals surface area contributed by atoms with Crippen molar-refractivity contribution in [2.24, 2.45) is 5.73 Å². The molecule has 0 aliphatic carbocycles. The maximum Gasteiger partial charge on any atom is 0.228 e. The van der Waals surface area contributed by atoms with Crippen LogP contribution in [0, 0.1) is 0 Å². The molecule has 1 fully saturated rings. The quantitative estimate of drug-likeness (QED) is 0.892. The summed E-state index contributed by atoms with van der Waals surface area (Å²) >= 11 is 0. The summed E-state index contributed by atoms with van der Waals surface area (Å²) in [5.41, 5.74) is 6.26. The Kier molecular flexibility index (Phi) is 4.31. The fourth-order valence-corrected chi connectivity index (χ4v) is 3.02. The number of hydrogen-bond acceptors (Lipinski definition) is 2. The summed E-state index contributed by atoms with van der Waals surface area (Å²) in [6.07, 6.45) is 1.56. The van der Waals surface area contributed by atoms with E-state index >= 15 is 0 Å². The van der Waals surface area contributed by atoms with Gasteiger partial charge in [0.1, 0.15) is 0 Å². The highest BCUT2D eigenvalue weighted by atomic mass is 35.5. The third kappa shape index (κ3) is 2.39. The van der Waals surface area contributed by atoms with Crippen LogP contribution in [0.1, 0.15) is 18.4 Å². The van der Waals surface area contributed by atoms with E-state index in [1.165, 1.54) is 10.8 Å². The molecule has 1 aliphatic heterocycles. The summed E-state index contributed by atoms with van der Waals surface area (Å²) < 4.78 is 0. The molecular formula is C16H19ClN2O. The van der Waals surface area contributed by atoms with Gasteiger partial charge in [0, 0.05) is 0 Å². The minimum atomic E-state index is -0.505. The molecule has 20 heavy (non-hydrogen) atoms. The predicted molar refractivity (Wildman–Crippen MR) is 84.2 cm³/mol. The zero-order chi connectivity index (χ0) is 13.3. The van der Waals surface area contributed by atoms with Crippen LogP contribution >= 0.6 is 12.4 Å². The van der Waals surface area contributed by atoms with E-state index in [4.69, 9.17) is 5.73 Å². The Bertz CT molecular complexity index is 621. The van der Waals surface area contributed by atoms with Gasteiger partial charge in [0.15, 0.2) is 0 Å². The molecule has 106 valence electrons. The average molecular weight is 291 g/mol. The lowest BCUT2D eigenvalue weighted by molar-refractivity contribution is -0.124. The Labute approximate surface area is 125 Å². The molecule has 2 aromatic rings. The highest BCUT2D eigenvalue weighted by Gasteiger charge is 2.39. The molecule has 0 spiro atoms. The van der Waals surface area contributed by atoms with E-state index < -0.39 is 5.41 Å². The minimum absolute atomic E-state index is 0. The van der Waals surface area contributed by atoms with Gasteiger partial charge in [-0.1, -0.05) is 42.5 Å². The van der Waals surface area contributed by atoms with Crippen molar-refractivity contribution >= 4 is 29.1 Å². The van der Waals surface area contributed by atoms with Gasteiger partial charge >= 0.3 is 0 Å². The van der Waals surface area contributed by atoms with Gasteiger partial charge in [-0.25, -0.2) is 0 Å². The van der Waals surface area contributed by atoms with Crippen LogP contribution in [0.25, 0.3) is 10.8 Å². The first kappa shape index (κ1) is 14.8. The van der Waals surface area contributed by atoms with Gasteiger partial charge in [-0.2, -0.15) is 0 Å². The number of fused-ring (bicyclic) bond motifs is 1. The monoisotopic (exact) mass is 290 g/mol. The summed E-state index contributed by atoms with van der Waals surface area (Å²) in [4.78, 5) is 12.0. The molecule has 0 atom stereocenters. The third-order valence-corrected chi connectivity index (χ3v) is 4.23. The van der Waals surface area contributed by atoms with Crippen LogP contribution < -0.4 is 11.1 Å². The van der Waals surface area contributed by atoms with Crippen molar-refractivity contribution in [3.63, 3.8) is 0 Å². The lowest BCUT2D eigenvalue weighted by atomic mass is 9.72. The number of primary amides is 1. The lowest BCUT2D eigenvalue weighted by Crippen LogP contribution is -2.48. The second kappa shape index (κ2) is 5.81. The van der Waals surface area contributed by atoms with Crippen molar-refractivity contribution in [1.29, 1.82) is 0 Å². The Hall–Kier alpha value is -1.58. The SMILES string of the molecule is Cl.NC(=O)C1(c2ccc3ccccc3c2)CCNCC1. The van der Waals surface area contributed by atoms with Crippen molar-refractivity contribution in [1.82, 2.24) is 5.32 Å². The molecule has 0 bridgehead atoms. The van der Waals surface area contributed by atoms with Gasteiger partial charge in [0.2, 0.25) is 5.91 Å². The van der Waals surface area contributed by atoms with E-state index in [0.29, 0.717) is 0 Å². The third-order valence-electron chi connectivity index (χ3n) is 4.23. The lowest BCUT2D eigenvalue weighted by Gasteiger charge is -2.35. The smallest absolute Gasteiger partial charge is 0.228 e. The normalized spacial score (nSPS) is 17.4. The van der Waals surface area contributed by atoms with E-state index in [9.17, 15) is 4.79 Å². The van der Waals surface area contributed by atoms with Crippen LogP contribution in [-0.4, -0.2) is 19.0 Å². The molecule has 4 heteroatoms. The molecule has 0 unspecified atom stereocenters. The van der Waals surface area contributed by atoms with Crippen molar-refractivity contribution in [3.8, 4) is 0 Å². The van der Waals surface area contributed by atoms with Crippen molar-refractivity contribution < 1.29 is 4.79 Å². The highest BCUT2D eigenvalue weighted by Crippen LogP contribution is 2.34. The molecule has 1 aliphatic rings. The fourth-order valence-electron chi connectivity index (χ4n) is 3.02. The van der Waals surface area contributed by atoms with Crippen LogP contribution in [0.4, 0.5) is 0 Å². The summed E-state index contributed by atoms with van der Waals surface area (Å²) in [6, 6.07) is 14.5. The zero-order valence-electron chi connectivity index (χ0n) is 11.3. The molecule has 2 aromatic carbocycles. The number of benzene rings is 2.